The van der Waals surface area contributed by atoms with E-state index in [1.807, 2.05) is 26.2 Å². The van der Waals surface area contributed by atoms with Crippen LogP contribution in [0, 0.1) is 0 Å². The molecule has 0 saturated heterocycles. The Kier molecular flexibility index (Phi) is 5.50. The normalized spacial score (nSPS) is 15.6. The molecule has 132 valence electrons. The number of fused-ring (bicyclic) bond motifs is 2. The number of methoxy groups -OCH3 is 1. The standard InChI is InChI=1S/C18H21ClN4O2/c1-23(2)7-4-8-25-16-10-12-9-14-18(22-17(19)5-6-20-14)21-13(12)11-15(16)24-3/h5-6,10-11H,4,7-9H2,1-3H3. The Hall–Kier alpha value is -2.18. The molecule has 0 atom stereocenters. The van der Waals surface area contributed by atoms with Gasteiger partial charge in [-0.25, -0.2) is 9.98 Å². The summed E-state index contributed by atoms with van der Waals surface area (Å²) < 4.78 is 11.4. The van der Waals surface area contributed by atoms with Gasteiger partial charge in [-0.3, -0.25) is 4.99 Å². The highest BCUT2D eigenvalue weighted by atomic mass is 35.5. The summed E-state index contributed by atoms with van der Waals surface area (Å²) in [6.07, 6.45) is 4.88. The second-order valence-electron chi connectivity index (χ2n) is 6.08. The van der Waals surface area contributed by atoms with Crippen LogP contribution in [0.3, 0.4) is 0 Å². The van der Waals surface area contributed by atoms with E-state index in [1.165, 1.54) is 0 Å². The predicted octanol–water partition coefficient (Wildman–Crippen LogP) is 3.22. The maximum atomic E-state index is 6.01. The molecule has 0 amide bonds. The number of rotatable bonds is 6. The fraction of sp³-hybridized carbons (Fsp3) is 0.389. The van der Waals surface area contributed by atoms with E-state index in [-0.39, 0.29) is 0 Å². The van der Waals surface area contributed by atoms with E-state index in [0.29, 0.717) is 29.8 Å². The third kappa shape index (κ3) is 4.27. The molecule has 0 spiro atoms. The number of halogens is 1. The van der Waals surface area contributed by atoms with Crippen molar-refractivity contribution in [2.24, 2.45) is 15.0 Å². The predicted molar refractivity (Wildman–Crippen MR) is 102 cm³/mol. The molecule has 0 saturated carbocycles. The van der Waals surface area contributed by atoms with Gasteiger partial charge in [0, 0.05) is 25.2 Å². The van der Waals surface area contributed by atoms with Crippen molar-refractivity contribution in [3.05, 3.63) is 30.0 Å². The molecule has 0 fully saturated rings. The van der Waals surface area contributed by atoms with E-state index in [1.54, 1.807) is 19.4 Å². The van der Waals surface area contributed by atoms with Gasteiger partial charge >= 0.3 is 0 Å². The summed E-state index contributed by atoms with van der Waals surface area (Å²) in [6.45, 7) is 1.61. The molecule has 25 heavy (non-hydrogen) atoms. The first-order chi connectivity index (χ1) is 12.1. The highest BCUT2D eigenvalue weighted by Crippen LogP contribution is 2.37. The fourth-order valence-electron chi connectivity index (χ4n) is 2.63. The average Bonchev–Trinajstić information content (AvgIpc) is 2.75. The lowest BCUT2D eigenvalue weighted by molar-refractivity contribution is 0.268. The van der Waals surface area contributed by atoms with E-state index in [0.717, 1.165) is 35.7 Å². The molecule has 2 heterocycles. The third-order valence-corrected chi connectivity index (χ3v) is 4.08. The first-order valence-corrected chi connectivity index (χ1v) is 8.49. The molecule has 7 heteroatoms. The number of benzene rings is 1. The summed E-state index contributed by atoms with van der Waals surface area (Å²) in [4.78, 5) is 15.4. The van der Waals surface area contributed by atoms with Gasteiger partial charge in [-0.1, -0.05) is 11.6 Å². The number of amidine groups is 1. The number of allylic oxidation sites excluding steroid dienone is 1. The number of hydrogen-bond donors (Lipinski definition) is 0. The number of nitrogens with zero attached hydrogens (tertiary/aromatic N) is 4. The Morgan fingerprint density at radius 3 is 2.80 bits per heavy atom. The first kappa shape index (κ1) is 17.6. The van der Waals surface area contributed by atoms with Crippen LogP contribution in [0.4, 0.5) is 5.69 Å². The van der Waals surface area contributed by atoms with Gasteiger partial charge in [-0.2, -0.15) is 0 Å². The molecular weight excluding hydrogens is 340 g/mol. The molecule has 2 aliphatic heterocycles. The second kappa shape index (κ2) is 7.80. The lowest BCUT2D eigenvalue weighted by atomic mass is 10.0. The minimum absolute atomic E-state index is 0.369. The topological polar surface area (TPSA) is 58.8 Å². The summed E-state index contributed by atoms with van der Waals surface area (Å²) in [6, 6.07) is 3.86. The van der Waals surface area contributed by atoms with Crippen LogP contribution in [0.2, 0.25) is 0 Å². The van der Waals surface area contributed by atoms with E-state index in [2.05, 4.69) is 19.9 Å². The largest absolute Gasteiger partial charge is 0.493 e. The molecule has 1 aromatic rings. The quantitative estimate of drug-likeness (QED) is 0.732. The van der Waals surface area contributed by atoms with Gasteiger partial charge in [0.1, 0.15) is 5.17 Å². The van der Waals surface area contributed by atoms with E-state index >= 15 is 0 Å². The van der Waals surface area contributed by atoms with Gasteiger partial charge in [0.25, 0.3) is 0 Å². The maximum absolute atomic E-state index is 6.01. The number of hydrogen-bond acceptors (Lipinski definition) is 6. The summed E-state index contributed by atoms with van der Waals surface area (Å²) in [5.41, 5.74) is 2.64. The van der Waals surface area contributed by atoms with Crippen LogP contribution in [-0.4, -0.2) is 56.0 Å². The van der Waals surface area contributed by atoms with Crippen LogP contribution in [0.1, 0.15) is 12.0 Å². The van der Waals surface area contributed by atoms with Crippen molar-refractivity contribution >= 4 is 34.0 Å². The molecule has 0 N–H and O–H groups in total. The van der Waals surface area contributed by atoms with Crippen molar-refractivity contribution in [2.45, 2.75) is 12.8 Å². The lowest BCUT2D eigenvalue weighted by Gasteiger charge is -2.18. The maximum Gasteiger partial charge on any atom is 0.176 e. The summed E-state index contributed by atoms with van der Waals surface area (Å²) in [5, 5.41) is 0.369. The molecule has 0 aromatic heterocycles. The van der Waals surface area contributed by atoms with Crippen molar-refractivity contribution in [1.82, 2.24) is 4.90 Å². The molecule has 0 unspecified atom stereocenters. The van der Waals surface area contributed by atoms with Crippen molar-refractivity contribution in [1.29, 1.82) is 0 Å². The Bertz CT molecular complexity index is 782. The molecule has 3 rings (SSSR count). The average molecular weight is 361 g/mol. The molecule has 0 radical (unpaired) electrons. The van der Waals surface area contributed by atoms with E-state index < -0.39 is 0 Å². The first-order valence-electron chi connectivity index (χ1n) is 8.11. The Labute approximate surface area is 152 Å². The monoisotopic (exact) mass is 360 g/mol. The van der Waals surface area contributed by atoms with Crippen molar-refractivity contribution in [3.8, 4) is 11.5 Å². The van der Waals surface area contributed by atoms with Crippen molar-refractivity contribution < 1.29 is 9.47 Å². The Morgan fingerprint density at radius 1 is 1.20 bits per heavy atom. The smallest absolute Gasteiger partial charge is 0.176 e. The lowest BCUT2D eigenvalue weighted by Crippen LogP contribution is -2.19. The zero-order valence-corrected chi connectivity index (χ0v) is 15.4. The van der Waals surface area contributed by atoms with Gasteiger partial charge in [0.2, 0.25) is 0 Å². The van der Waals surface area contributed by atoms with Crippen molar-refractivity contribution in [3.63, 3.8) is 0 Å². The zero-order valence-electron chi connectivity index (χ0n) is 14.6. The number of aliphatic imine (C=N–C) groups is 3. The van der Waals surface area contributed by atoms with E-state index in [4.69, 9.17) is 21.1 Å². The van der Waals surface area contributed by atoms with Crippen LogP contribution in [0.5, 0.6) is 11.5 Å². The van der Waals surface area contributed by atoms with Crippen LogP contribution >= 0.6 is 11.6 Å². The van der Waals surface area contributed by atoms with Crippen LogP contribution in [0.25, 0.3) is 0 Å². The minimum Gasteiger partial charge on any atom is -0.493 e. The van der Waals surface area contributed by atoms with Gasteiger partial charge in [0.05, 0.1) is 25.1 Å². The highest BCUT2D eigenvalue weighted by Gasteiger charge is 2.22. The van der Waals surface area contributed by atoms with Crippen molar-refractivity contribution in [2.75, 3.05) is 34.4 Å². The molecule has 0 bridgehead atoms. The summed E-state index contributed by atoms with van der Waals surface area (Å²) in [7, 11) is 5.72. The van der Waals surface area contributed by atoms with Gasteiger partial charge in [-0.15, -0.1) is 0 Å². The van der Waals surface area contributed by atoms with Gasteiger partial charge < -0.3 is 14.4 Å². The molecular formula is C18H21ClN4O2. The fourth-order valence-corrected chi connectivity index (χ4v) is 2.77. The van der Waals surface area contributed by atoms with Crippen LogP contribution in [0.15, 0.2) is 39.4 Å². The number of ether oxygens (including phenoxy) is 2. The third-order valence-electron chi connectivity index (χ3n) is 3.87. The second-order valence-corrected chi connectivity index (χ2v) is 6.46. The Balaban J connectivity index is 1.85. The highest BCUT2D eigenvalue weighted by molar-refractivity contribution is 6.70. The minimum atomic E-state index is 0.369. The molecule has 0 aliphatic carbocycles. The summed E-state index contributed by atoms with van der Waals surface area (Å²) >= 11 is 6.01. The van der Waals surface area contributed by atoms with E-state index in [9.17, 15) is 0 Å². The van der Waals surface area contributed by atoms with Crippen LogP contribution in [-0.2, 0) is 6.42 Å². The van der Waals surface area contributed by atoms with Gasteiger partial charge in [-0.05, 0) is 38.2 Å². The molecule has 2 aliphatic rings. The van der Waals surface area contributed by atoms with Gasteiger partial charge in [0.15, 0.2) is 17.3 Å². The van der Waals surface area contributed by atoms with Crippen LogP contribution < -0.4 is 9.47 Å². The summed E-state index contributed by atoms with van der Waals surface area (Å²) in [5.74, 6) is 1.93. The SMILES string of the molecule is COc1cc2c(cc1OCCCN(C)C)CC1=NC=CC(Cl)=NC1=N2. The Morgan fingerprint density at radius 2 is 2.04 bits per heavy atom. The molecule has 1 aromatic carbocycles. The molecule has 6 nitrogen and oxygen atoms in total. The zero-order chi connectivity index (χ0) is 17.8.